The van der Waals surface area contributed by atoms with Crippen molar-refractivity contribution in [3.05, 3.63) is 102 Å². The lowest BCUT2D eigenvalue weighted by Gasteiger charge is -2.20. The third kappa shape index (κ3) is 10.7. The number of methoxy groups -OCH3 is 1. The smallest absolute Gasteiger partial charge is 0.412 e. The summed E-state index contributed by atoms with van der Waals surface area (Å²) in [5, 5.41) is 14.2. The van der Waals surface area contributed by atoms with Crippen molar-refractivity contribution in [3.63, 3.8) is 0 Å². The van der Waals surface area contributed by atoms with Crippen LogP contribution in [0.1, 0.15) is 73.9 Å². The van der Waals surface area contributed by atoms with Gasteiger partial charge in [-0.05, 0) is 76.4 Å². The number of imidazole rings is 1. The van der Waals surface area contributed by atoms with Gasteiger partial charge in [0, 0.05) is 17.8 Å². The molecule has 4 rings (SSSR count). The van der Waals surface area contributed by atoms with E-state index in [1.54, 1.807) is 70.2 Å². The van der Waals surface area contributed by atoms with Crippen molar-refractivity contribution < 1.29 is 19.0 Å². The first kappa shape index (κ1) is 37.9. The van der Waals surface area contributed by atoms with E-state index in [-0.39, 0.29) is 5.71 Å². The van der Waals surface area contributed by atoms with Gasteiger partial charge in [0.2, 0.25) is 0 Å². The van der Waals surface area contributed by atoms with Crippen molar-refractivity contribution in [1.29, 1.82) is 5.41 Å². The number of benzene rings is 3. The Morgan fingerprint density at radius 2 is 1.49 bits per heavy atom. The van der Waals surface area contributed by atoms with Gasteiger partial charge in [-0.15, -0.1) is 0 Å². The van der Waals surface area contributed by atoms with E-state index < -0.39 is 17.4 Å². The van der Waals surface area contributed by atoms with Crippen LogP contribution < -0.4 is 25.8 Å². The zero-order valence-corrected chi connectivity index (χ0v) is 29.1. The van der Waals surface area contributed by atoms with Crippen LogP contribution in [0.4, 0.5) is 16.3 Å². The van der Waals surface area contributed by atoms with Gasteiger partial charge in [-0.1, -0.05) is 65.3 Å². The zero-order chi connectivity index (χ0) is 35.1. The van der Waals surface area contributed by atoms with Crippen LogP contribution in [0, 0.1) is 5.41 Å². The van der Waals surface area contributed by atoms with Crippen molar-refractivity contribution in [1.82, 2.24) is 9.13 Å². The maximum atomic E-state index is 14.1. The number of hydrogen-bond donors (Lipinski definition) is 3. The number of nitrogens with one attached hydrogen (secondary N) is 3. The van der Waals surface area contributed by atoms with Crippen LogP contribution in [-0.4, -0.2) is 33.6 Å². The average molecular weight is 644 g/mol. The number of carbonyl (C=O) groups excluding carboxylic acids is 1. The quantitative estimate of drug-likeness (QED) is 0.148. The van der Waals surface area contributed by atoms with Crippen LogP contribution >= 0.6 is 0 Å². The standard InChI is InChI=1S/C31H33N5O5.C4H10.C2H6/c1-7-33-28-27(20(2)32)35(22-13-15-25(16-14-22)40-24-11-9-8-10-12-24)30(38)36(28)23-17-21(18-26(19-23)39-6)34-29(37)41-31(3,4)5;1-3-4-2;1-2/h7-19,32-33H,1H2,2-6H3,(H,34,37);3-4H2,1-2H3;1-2H3. The Morgan fingerprint density at radius 3 is 2.00 bits per heavy atom. The first-order chi connectivity index (χ1) is 22.4. The predicted molar refractivity (Wildman–Crippen MR) is 193 cm³/mol. The molecule has 0 atom stereocenters. The minimum absolute atomic E-state index is 0.143. The summed E-state index contributed by atoms with van der Waals surface area (Å²) >= 11 is 0. The van der Waals surface area contributed by atoms with Crippen LogP contribution in [0.15, 0.2) is 90.4 Å². The molecule has 0 aliphatic rings. The van der Waals surface area contributed by atoms with Crippen molar-refractivity contribution in [3.8, 4) is 28.6 Å². The SMILES string of the molecule is C=CNc1c(C(C)=N)n(-c2ccc(Oc3ccccc3)cc2)c(=O)n1-c1cc(NC(=O)OC(C)(C)C)cc(OC)c1.CC.CCCC. The zero-order valence-electron chi connectivity index (χ0n) is 29.1. The number of unbranched alkanes of at least 4 members (excludes halogenated alkanes) is 1. The van der Waals surface area contributed by atoms with E-state index in [9.17, 15) is 9.59 Å². The fourth-order valence-corrected chi connectivity index (χ4v) is 4.17. The molecule has 1 heterocycles. The monoisotopic (exact) mass is 643 g/mol. The van der Waals surface area contributed by atoms with E-state index in [1.807, 2.05) is 44.2 Å². The molecule has 0 unspecified atom stereocenters. The van der Waals surface area contributed by atoms with Gasteiger partial charge >= 0.3 is 11.8 Å². The van der Waals surface area contributed by atoms with E-state index in [0.717, 1.165) is 0 Å². The van der Waals surface area contributed by atoms with Crippen LogP contribution in [0.3, 0.4) is 0 Å². The molecule has 0 saturated carbocycles. The number of amides is 1. The van der Waals surface area contributed by atoms with Gasteiger partial charge in [-0.2, -0.15) is 0 Å². The van der Waals surface area contributed by atoms with Crippen LogP contribution in [0.2, 0.25) is 0 Å². The van der Waals surface area contributed by atoms with E-state index in [0.29, 0.717) is 45.8 Å². The fraction of sp³-hybridized carbons (Fsp3) is 0.324. The Kier molecular flexibility index (Phi) is 14.6. The van der Waals surface area contributed by atoms with E-state index >= 15 is 0 Å². The molecule has 4 aromatic rings. The lowest BCUT2D eigenvalue weighted by molar-refractivity contribution is 0.0636. The maximum Gasteiger partial charge on any atom is 0.412 e. The predicted octanol–water partition coefficient (Wildman–Crippen LogP) is 9.55. The number of anilines is 2. The van der Waals surface area contributed by atoms with Crippen molar-refractivity contribution in [2.45, 2.75) is 73.8 Å². The molecule has 3 aromatic carbocycles. The van der Waals surface area contributed by atoms with Crippen LogP contribution in [-0.2, 0) is 4.74 Å². The van der Waals surface area contributed by atoms with Crippen molar-refractivity contribution in [2.75, 3.05) is 17.7 Å². The minimum atomic E-state index is -0.695. The summed E-state index contributed by atoms with van der Waals surface area (Å²) in [4.78, 5) is 26.5. The van der Waals surface area contributed by atoms with Crippen LogP contribution in [0.25, 0.3) is 11.4 Å². The van der Waals surface area contributed by atoms with Gasteiger partial charge in [0.1, 0.15) is 34.4 Å². The highest BCUT2D eigenvalue weighted by Crippen LogP contribution is 2.30. The second-order valence-corrected chi connectivity index (χ2v) is 11.1. The van der Waals surface area contributed by atoms with Gasteiger partial charge < -0.3 is 24.9 Å². The number of aromatic nitrogens is 2. The molecular weight excluding hydrogens is 594 g/mol. The molecule has 10 nitrogen and oxygen atoms in total. The molecule has 252 valence electrons. The third-order valence-electron chi connectivity index (χ3n) is 6.25. The Labute approximate surface area is 278 Å². The fourth-order valence-electron chi connectivity index (χ4n) is 4.17. The third-order valence-corrected chi connectivity index (χ3v) is 6.25. The Bertz CT molecular complexity index is 1660. The second kappa shape index (κ2) is 18.0. The van der Waals surface area contributed by atoms with Gasteiger partial charge in [0.05, 0.1) is 24.2 Å². The summed E-state index contributed by atoms with van der Waals surface area (Å²) < 4.78 is 19.6. The van der Waals surface area contributed by atoms with Gasteiger partial charge in [0.25, 0.3) is 0 Å². The Balaban J connectivity index is 0.00000119. The topological polar surface area (TPSA) is 120 Å². The normalized spacial score (nSPS) is 10.3. The van der Waals surface area contributed by atoms with Crippen molar-refractivity contribution >= 4 is 23.3 Å². The van der Waals surface area contributed by atoms with E-state index in [1.165, 1.54) is 35.3 Å². The first-order valence-electron chi connectivity index (χ1n) is 15.8. The second-order valence-electron chi connectivity index (χ2n) is 11.1. The van der Waals surface area contributed by atoms with E-state index in [2.05, 4.69) is 31.1 Å². The minimum Gasteiger partial charge on any atom is -0.497 e. The molecule has 10 heteroatoms. The lowest BCUT2D eigenvalue weighted by atomic mass is 10.2. The van der Waals surface area contributed by atoms with Crippen LogP contribution in [0.5, 0.6) is 17.2 Å². The molecular formula is C37H49N5O5. The molecule has 0 spiro atoms. The first-order valence-corrected chi connectivity index (χ1v) is 15.8. The summed E-state index contributed by atoms with van der Waals surface area (Å²) in [6, 6.07) is 21.3. The molecule has 1 amide bonds. The van der Waals surface area contributed by atoms with E-state index in [4.69, 9.17) is 19.6 Å². The average Bonchev–Trinajstić information content (AvgIpc) is 3.33. The highest BCUT2D eigenvalue weighted by molar-refractivity contribution is 6.00. The molecule has 0 aliphatic heterocycles. The van der Waals surface area contributed by atoms with Crippen molar-refractivity contribution in [2.24, 2.45) is 0 Å². The number of hydrogen-bond acceptors (Lipinski definition) is 7. The number of nitrogens with zero attached hydrogens (tertiary/aromatic N) is 2. The number of ether oxygens (including phenoxy) is 3. The summed E-state index contributed by atoms with van der Waals surface area (Å²) in [5.41, 5.74) is 0.588. The molecule has 0 fully saturated rings. The number of carbonyl (C=O) groups is 1. The summed E-state index contributed by atoms with van der Waals surface area (Å²) in [7, 11) is 1.49. The molecule has 0 saturated heterocycles. The molecule has 0 bridgehead atoms. The van der Waals surface area contributed by atoms with Gasteiger partial charge in [-0.25, -0.2) is 14.2 Å². The largest absolute Gasteiger partial charge is 0.497 e. The number of rotatable bonds is 10. The highest BCUT2D eigenvalue weighted by Gasteiger charge is 2.24. The number of para-hydroxylation sites is 1. The molecule has 3 N–H and O–H groups in total. The molecule has 0 radical (unpaired) electrons. The Morgan fingerprint density at radius 1 is 0.894 bits per heavy atom. The summed E-state index contributed by atoms with van der Waals surface area (Å²) in [6.07, 6.45) is 3.42. The molecule has 0 aliphatic carbocycles. The lowest BCUT2D eigenvalue weighted by Crippen LogP contribution is -2.27. The summed E-state index contributed by atoms with van der Waals surface area (Å²) in [6.45, 7) is 19.0. The molecule has 47 heavy (non-hydrogen) atoms. The Hall–Kier alpha value is -5.25. The van der Waals surface area contributed by atoms with Gasteiger partial charge in [0.15, 0.2) is 0 Å². The molecule has 1 aromatic heterocycles. The summed E-state index contributed by atoms with van der Waals surface area (Å²) in [5.74, 6) is 1.99. The highest BCUT2D eigenvalue weighted by atomic mass is 16.6. The maximum absolute atomic E-state index is 14.1. The van der Waals surface area contributed by atoms with Gasteiger partial charge in [-0.3, -0.25) is 9.88 Å².